The van der Waals surface area contributed by atoms with Crippen molar-refractivity contribution in [1.82, 2.24) is 5.32 Å². The summed E-state index contributed by atoms with van der Waals surface area (Å²) in [5.41, 5.74) is 1.85. The standard InChI is InChI=1S/C17H26N2O2/c1-13-4-3-9-17(10-13,12-20)18-11-15-5-7-16(8-6-15)19-14(2)21/h5-8,13,18,20H,3-4,9-12H2,1-2H3,(H,19,21). The number of rotatable bonds is 5. The number of hydrogen-bond donors (Lipinski definition) is 3. The van der Waals surface area contributed by atoms with Crippen LogP contribution in [0.5, 0.6) is 0 Å². The Bertz CT molecular complexity index is 472. The van der Waals surface area contributed by atoms with Crippen LogP contribution in [0, 0.1) is 5.92 Å². The number of aliphatic hydroxyl groups is 1. The maximum atomic E-state index is 11.0. The number of anilines is 1. The first kappa shape index (κ1) is 16.0. The second kappa shape index (κ2) is 7.05. The van der Waals surface area contributed by atoms with Crippen molar-refractivity contribution in [3.05, 3.63) is 29.8 Å². The van der Waals surface area contributed by atoms with Gasteiger partial charge in [-0.25, -0.2) is 0 Å². The van der Waals surface area contributed by atoms with Crippen LogP contribution in [0.1, 0.15) is 45.1 Å². The Morgan fingerprint density at radius 2 is 2.10 bits per heavy atom. The Labute approximate surface area is 126 Å². The average molecular weight is 290 g/mol. The number of carbonyl (C=O) groups excluding carboxylic acids is 1. The molecule has 2 atom stereocenters. The van der Waals surface area contributed by atoms with Gasteiger partial charge in [0.25, 0.3) is 0 Å². The summed E-state index contributed by atoms with van der Waals surface area (Å²) in [4.78, 5) is 11.0. The van der Waals surface area contributed by atoms with E-state index in [9.17, 15) is 9.90 Å². The predicted molar refractivity (Wildman–Crippen MR) is 85.0 cm³/mol. The lowest BCUT2D eigenvalue weighted by molar-refractivity contribution is -0.114. The molecule has 21 heavy (non-hydrogen) atoms. The summed E-state index contributed by atoms with van der Waals surface area (Å²) in [5.74, 6) is 0.608. The van der Waals surface area contributed by atoms with E-state index in [-0.39, 0.29) is 18.1 Å². The predicted octanol–water partition coefficient (Wildman–Crippen LogP) is 2.68. The number of nitrogens with one attached hydrogen (secondary N) is 2. The maximum Gasteiger partial charge on any atom is 0.221 e. The SMILES string of the molecule is CC(=O)Nc1ccc(CNC2(CO)CCCC(C)C2)cc1. The highest BCUT2D eigenvalue weighted by molar-refractivity contribution is 5.88. The Morgan fingerprint density at radius 1 is 1.38 bits per heavy atom. The molecule has 116 valence electrons. The Balaban J connectivity index is 1.93. The van der Waals surface area contributed by atoms with Gasteiger partial charge in [-0.1, -0.05) is 31.9 Å². The summed E-state index contributed by atoms with van der Waals surface area (Å²) in [6.45, 7) is 4.70. The molecular formula is C17H26N2O2. The summed E-state index contributed by atoms with van der Waals surface area (Å²) >= 11 is 0. The van der Waals surface area contributed by atoms with E-state index in [0.29, 0.717) is 5.92 Å². The molecule has 3 N–H and O–H groups in total. The van der Waals surface area contributed by atoms with Gasteiger partial charge < -0.3 is 15.7 Å². The first-order chi connectivity index (χ1) is 10.0. The van der Waals surface area contributed by atoms with Crippen LogP contribution in [0.15, 0.2) is 24.3 Å². The highest BCUT2D eigenvalue weighted by atomic mass is 16.3. The third kappa shape index (κ3) is 4.55. The van der Waals surface area contributed by atoms with Gasteiger partial charge in [0.15, 0.2) is 0 Å². The second-order valence-corrected chi connectivity index (χ2v) is 6.37. The molecule has 1 aliphatic rings. The molecule has 0 aliphatic heterocycles. The highest BCUT2D eigenvalue weighted by Gasteiger charge is 2.33. The van der Waals surface area contributed by atoms with E-state index >= 15 is 0 Å². The summed E-state index contributed by atoms with van der Waals surface area (Å²) in [6.07, 6.45) is 4.51. The van der Waals surface area contributed by atoms with Crippen molar-refractivity contribution in [2.45, 2.75) is 51.6 Å². The first-order valence-corrected chi connectivity index (χ1v) is 7.75. The van der Waals surface area contributed by atoms with Gasteiger partial charge in [-0.05, 0) is 36.5 Å². The van der Waals surface area contributed by atoms with Crippen molar-refractivity contribution in [1.29, 1.82) is 0 Å². The van der Waals surface area contributed by atoms with Crippen LogP contribution in [0.3, 0.4) is 0 Å². The molecule has 0 radical (unpaired) electrons. The van der Waals surface area contributed by atoms with E-state index in [2.05, 4.69) is 17.6 Å². The van der Waals surface area contributed by atoms with E-state index in [4.69, 9.17) is 0 Å². The van der Waals surface area contributed by atoms with Crippen LogP contribution >= 0.6 is 0 Å². The molecule has 0 aromatic heterocycles. The molecule has 0 bridgehead atoms. The number of benzene rings is 1. The fourth-order valence-corrected chi connectivity index (χ4v) is 3.22. The van der Waals surface area contributed by atoms with Crippen molar-refractivity contribution in [3.8, 4) is 0 Å². The lowest BCUT2D eigenvalue weighted by Crippen LogP contribution is -2.51. The second-order valence-electron chi connectivity index (χ2n) is 6.37. The van der Waals surface area contributed by atoms with Crippen LogP contribution in [0.25, 0.3) is 0 Å². The summed E-state index contributed by atoms with van der Waals surface area (Å²) < 4.78 is 0. The average Bonchev–Trinajstić information content (AvgIpc) is 2.46. The largest absolute Gasteiger partial charge is 0.394 e. The zero-order valence-corrected chi connectivity index (χ0v) is 13.0. The Hall–Kier alpha value is -1.39. The normalized spacial score (nSPS) is 25.6. The van der Waals surface area contributed by atoms with Crippen molar-refractivity contribution in [3.63, 3.8) is 0 Å². The molecule has 0 heterocycles. The van der Waals surface area contributed by atoms with E-state index < -0.39 is 0 Å². The molecule has 4 nitrogen and oxygen atoms in total. The fraction of sp³-hybridized carbons (Fsp3) is 0.588. The van der Waals surface area contributed by atoms with Gasteiger partial charge in [-0.3, -0.25) is 4.79 Å². The first-order valence-electron chi connectivity index (χ1n) is 7.75. The molecule has 1 aromatic carbocycles. The van der Waals surface area contributed by atoms with Crippen LogP contribution < -0.4 is 10.6 Å². The Kier molecular flexibility index (Phi) is 5.37. The number of aliphatic hydroxyl groups excluding tert-OH is 1. The van der Waals surface area contributed by atoms with Crippen molar-refractivity contribution in [2.75, 3.05) is 11.9 Å². The van der Waals surface area contributed by atoms with E-state index in [1.54, 1.807) is 0 Å². The van der Waals surface area contributed by atoms with E-state index in [1.807, 2.05) is 24.3 Å². The van der Waals surface area contributed by atoms with Crippen molar-refractivity contribution >= 4 is 11.6 Å². The van der Waals surface area contributed by atoms with Crippen molar-refractivity contribution in [2.24, 2.45) is 5.92 Å². The molecule has 4 heteroatoms. The molecule has 2 rings (SSSR count). The molecule has 1 amide bonds. The van der Waals surface area contributed by atoms with Gasteiger partial charge in [0.1, 0.15) is 0 Å². The van der Waals surface area contributed by atoms with Crippen LogP contribution in [0.4, 0.5) is 5.69 Å². The smallest absolute Gasteiger partial charge is 0.221 e. The van der Waals surface area contributed by atoms with Crippen LogP contribution in [-0.2, 0) is 11.3 Å². The minimum atomic E-state index is -0.131. The zero-order chi connectivity index (χ0) is 15.3. The minimum absolute atomic E-state index is 0.0590. The van der Waals surface area contributed by atoms with Gasteiger partial charge >= 0.3 is 0 Å². The molecule has 2 unspecified atom stereocenters. The Morgan fingerprint density at radius 3 is 2.67 bits per heavy atom. The van der Waals surface area contributed by atoms with Gasteiger partial charge in [-0.15, -0.1) is 0 Å². The van der Waals surface area contributed by atoms with Crippen LogP contribution in [-0.4, -0.2) is 23.2 Å². The third-order valence-corrected chi connectivity index (χ3v) is 4.34. The topological polar surface area (TPSA) is 61.4 Å². The summed E-state index contributed by atoms with van der Waals surface area (Å²) in [5, 5.41) is 16.1. The lowest BCUT2D eigenvalue weighted by Gasteiger charge is -2.39. The van der Waals surface area contributed by atoms with Crippen LogP contribution in [0.2, 0.25) is 0 Å². The van der Waals surface area contributed by atoms with E-state index in [1.165, 1.54) is 19.8 Å². The van der Waals surface area contributed by atoms with Gasteiger partial charge in [-0.2, -0.15) is 0 Å². The van der Waals surface area contributed by atoms with Gasteiger partial charge in [0.2, 0.25) is 5.91 Å². The highest BCUT2D eigenvalue weighted by Crippen LogP contribution is 2.32. The quantitative estimate of drug-likeness (QED) is 0.781. The monoisotopic (exact) mass is 290 g/mol. The number of amides is 1. The van der Waals surface area contributed by atoms with Gasteiger partial charge in [0, 0.05) is 24.7 Å². The third-order valence-electron chi connectivity index (χ3n) is 4.34. The lowest BCUT2D eigenvalue weighted by atomic mass is 9.77. The van der Waals surface area contributed by atoms with E-state index in [0.717, 1.165) is 30.6 Å². The number of hydrogen-bond acceptors (Lipinski definition) is 3. The molecule has 0 saturated heterocycles. The zero-order valence-electron chi connectivity index (χ0n) is 13.0. The molecule has 1 fully saturated rings. The molecular weight excluding hydrogens is 264 g/mol. The fourth-order valence-electron chi connectivity index (χ4n) is 3.22. The summed E-state index contributed by atoms with van der Waals surface area (Å²) in [7, 11) is 0. The molecule has 1 saturated carbocycles. The maximum absolute atomic E-state index is 11.0. The van der Waals surface area contributed by atoms with Gasteiger partial charge in [0.05, 0.1) is 6.61 Å². The summed E-state index contributed by atoms with van der Waals surface area (Å²) in [6, 6.07) is 7.84. The number of carbonyl (C=O) groups is 1. The van der Waals surface area contributed by atoms with Crippen molar-refractivity contribution < 1.29 is 9.90 Å². The minimum Gasteiger partial charge on any atom is -0.394 e. The molecule has 0 spiro atoms. The molecule has 1 aromatic rings. The molecule has 1 aliphatic carbocycles.